The topological polar surface area (TPSA) is 41.9 Å². The van der Waals surface area contributed by atoms with Crippen LogP contribution in [0.2, 0.25) is 5.02 Å². The highest BCUT2D eigenvalue weighted by Crippen LogP contribution is 2.36. The number of nitrogens with zero attached hydrogens (tertiary/aromatic N) is 2. The average Bonchev–Trinajstić information content (AvgIpc) is 2.66. The summed E-state index contributed by atoms with van der Waals surface area (Å²) in [6.45, 7) is 0. The van der Waals surface area contributed by atoms with Crippen LogP contribution in [0.5, 0.6) is 5.75 Å². The van der Waals surface area contributed by atoms with Crippen LogP contribution in [0, 0.1) is 0 Å². The Kier molecular flexibility index (Phi) is 4.78. The number of hydrogen-bond donors (Lipinski definition) is 0. The van der Waals surface area contributed by atoms with E-state index in [1.165, 1.54) is 16.7 Å². The van der Waals surface area contributed by atoms with Crippen LogP contribution in [0.15, 0.2) is 26.5 Å². The molecule has 0 spiro atoms. The van der Waals surface area contributed by atoms with E-state index in [1.807, 2.05) is 6.07 Å². The first kappa shape index (κ1) is 15.4. The molecule has 1 aromatic rings. The van der Waals surface area contributed by atoms with Crippen LogP contribution in [0.3, 0.4) is 0 Å². The van der Waals surface area contributed by atoms with Crippen molar-refractivity contribution in [1.29, 1.82) is 0 Å². The molecule has 1 aromatic carbocycles. The molecule has 7 heteroatoms. The van der Waals surface area contributed by atoms with Gasteiger partial charge in [0.05, 0.1) is 21.5 Å². The molecule has 2 rings (SSSR count). The molecule has 0 saturated carbocycles. The van der Waals surface area contributed by atoms with Gasteiger partial charge in [0.25, 0.3) is 5.91 Å². The van der Waals surface area contributed by atoms with E-state index >= 15 is 0 Å². The second kappa shape index (κ2) is 6.20. The minimum atomic E-state index is -0.0707. The van der Waals surface area contributed by atoms with Gasteiger partial charge in [-0.05, 0) is 51.5 Å². The van der Waals surface area contributed by atoms with E-state index in [4.69, 9.17) is 16.3 Å². The maximum absolute atomic E-state index is 12.1. The summed E-state index contributed by atoms with van der Waals surface area (Å²) in [6, 6.07) is 3.61. The largest absolute Gasteiger partial charge is 0.494 e. The molecule has 1 aliphatic heterocycles. The summed E-state index contributed by atoms with van der Waals surface area (Å²) in [5, 5.41) is 1.17. The molecule has 1 fully saturated rings. The van der Waals surface area contributed by atoms with Gasteiger partial charge in [-0.2, -0.15) is 0 Å². The van der Waals surface area contributed by atoms with E-state index in [0.717, 1.165) is 10.0 Å². The molecular formula is C13H12BrClN2O2S. The number of ether oxygens (including phenoxy) is 1. The van der Waals surface area contributed by atoms with Gasteiger partial charge in [0, 0.05) is 14.1 Å². The van der Waals surface area contributed by atoms with Gasteiger partial charge < -0.3 is 4.74 Å². The third-order valence-electron chi connectivity index (χ3n) is 2.72. The number of aliphatic imine (C=N–C) groups is 1. The summed E-state index contributed by atoms with van der Waals surface area (Å²) in [4.78, 5) is 18.3. The average molecular weight is 376 g/mol. The van der Waals surface area contributed by atoms with Crippen LogP contribution in [0.25, 0.3) is 6.08 Å². The fourth-order valence-corrected chi connectivity index (χ4v) is 3.74. The normalized spacial score (nSPS) is 19.2. The number of rotatable bonds is 2. The number of likely N-dealkylation sites (N-methyl/N-ethyl adjacent to an activating group) is 1. The van der Waals surface area contributed by atoms with Crippen LogP contribution in [-0.2, 0) is 4.79 Å². The fraction of sp³-hybridized carbons (Fsp3) is 0.231. The first-order valence-electron chi connectivity index (χ1n) is 5.65. The number of hydrogen-bond acceptors (Lipinski definition) is 4. The minimum Gasteiger partial charge on any atom is -0.494 e. The van der Waals surface area contributed by atoms with Crippen molar-refractivity contribution in [2.45, 2.75) is 0 Å². The molecule has 1 amide bonds. The van der Waals surface area contributed by atoms with E-state index in [0.29, 0.717) is 20.8 Å². The lowest BCUT2D eigenvalue weighted by molar-refractivity contribution is -0.121. The quantitative estimate of drug-likeness (QED) is 0.741. The van der Waals surface area contributed by atoms with E-state index in [-0.39, 0.29) is 5.91 Å². The predicted molar refractivity (Wildman–Crippen MR) is 87.4 cm³/mol. The highest BCUT2D eigenvalue weighted by atomic mass is 79.9. The predicted octanol–water partition coefficient (Wildman–Crippen LogP) is 3.64. The molecule has 0 bridgehead atoms. The Bertz CT molecular complexity index is 608. The molecule has 0 aromatic heterocycles. The van der Waals surface area contributed by atoms with Gasteiger partial charge in [-0.25, -0.2) is 0 Å². The number of carbonyl (C=O) groups is 1. The highest BCUT2D eigenvalue weighted by Gasteiger charge is 2.29. The summed E-state index contributed by atoms with van der Waals surface area (Å²) < 4.78 is 5.92. The number of halogens is 2. The molecular weight excluding hydrogens is 364 g/mol. The molecule has 0 atom stereocenters. The Morgan fingerprint density at radius 2 is 2.20 bits per heavy atom. The third-order valence-corrected chi connectivity index (χ3v) is 4.74. The Morgan fingerprint density at radius 1 is 1.50 bits per heavy atom. The van der Waals surface area contributed by atoms with Gasteiger partial charge in [-0.1, -0.05) is 11.6 Å². The molecule has 0 N–H and O–H groups in total. The molecule has 1 heterocycles. The maximum Gasteiger partial charge on any atom is 0.266 e. The Labute approximate surface area is 135 Å². The highest BCUT2D eigenvalue weighted by molar-refractivity contribution is 9.10. The molecule has 0 unspecified atom stereocenters. The van der Waals surface area contributed by atoms with E-state index in [2.05, 4.69) is 20.9 Å². The second-order valence-electron chi connectivity index (χ2n) is 4.00. The van der Waals surface area contributed by atoms with E-state index in [1.54, 1.807) is 33.3 Å². The lowest BCUT2D eigenvalue weighted by Gasteiger charge is -2.07. The van der Waals surface area contributed by atoms with Crippen molar-refractivity contribution in [2.75, 3.05) is 21.2 Å². The fourth-order valence-electron chi connectivity index (χ4n) is 1.76. The number of benzene rings is 1. The van der Waals surface area contributed by atoms with Gasteiger partial charge in [-0.3, -0.25) is 14.7 Å². The van der Waals surface area contributed by atoms with Crippen LogP contribution in [0.1, 0.15) is 5.56 Å². The Balaban J connectivity index is 2.40. The van der Waals surface area contributed by atoms with Crippen molar-refractivity contribution < 1.29 is 9.53 Å². The van der Waals surface area contributed by atoms with Crippen molar-refractivity contribution in [3.63, 3.8) is 0 Å². The molecule has 106 valence electrons. The lowest BCUT2D eigenvalue weighted by atomic mass is 10.2. The number of amides is 1. The van der Waals surface area contributed by atoms with E-state index < -0.39 is 0 Å². The number of amidine groups is 1. The Hall–Kier alpha value is -0.980. The molecule has 0 radical (unpaired) electrons. The zero-order chi connectivity index (χ0) is 14.9. The van der Waals surface area contributed by atoms with Crippen molar-refractivity contribution >= 4 is 56.4 Å². The summed E-state index contributed by atoms with van der Waals surface area (Å²) in [5.74, 6) is 0.505. The van der Waals surface area contributed by atoms with Crippen LogP contribution < -0.4 is 4.74 Å². The van der Waals surface area contributed by atoms with Crippen LogP contribution in [0.4, 0.5) is 0 Å². The van der Waals surface area contributed by atoms with Crippen molar-refractivity contribution in [3.05, 3.63) is 32.1 Å². The standard InChI is InChI=1S/C13H12BrClN2O2S/c1-16-13-17(2)12(18)10(20-13)6-7-4-8(14)11(19-3)9(15)5-7/h4-6H,1-3H3/b10-6+,16-13?. The molecule has 4 nitrogen and oxygen atoms in total. The zero-order valence-corrected chi connectivity index (χ0v) is 14.3. The van der Waals surface area contributed by atoms with Gasteiger partial charge in [-0.15, -0.1) is 0 Å². The van der Waals surface area contributed by atoms with Crippen LogP contribution >= 0.6 is 39.3 Å². The van der Waals surface area contributed by atoms with Crippen molar-refractivity contribution in [3.8, 4) is 5.75 Å². The second-order valence-corrected chi connectivity index (χ2v) is 6.27. The summed E-state index contributed by atoms with van der Waals surface area (Å²) >= 11 is 10.9. The summed E-state index contributed by atoms with van der Waals surface area (Å²) in [5.41, 5.74) is 0.823. The Morgan fingerprint density at radius 3 is 2.70 bits per heavy atom. The third kappa shape index (κ3) is 2.87. The maximum atomic E-state index is 12.1. The van der Waals surface area contributed by atoms with Crippen molar-refractivity contribution in [2.24, 2.45) is 4.99 Å². The minimum absolute atomic E-state index is 0.0707. The van der Waals surface area contributed by atoms with Gasteiger partial charge >= 0.3 is 0 Å². The SMILES string of the molecule is CN=C1S/C(=C/c2cc(Cl)c(OC)c(Br)c2)C(=O)N1C. The molecule has 20 heavy (non-hydrogen) atoms. The zero-order valence-electron chi connectivity index (χ0n) is 11.1. The number of methoxy groups -OCH3 is 1. The first-order valence-corrected chi connectivity index (χ1v) is 7.64. The number of carbonyl (C=O) groups excluding carboxylic acids is 1. The molecule has 1 aliphatic rings. The summed E-state index contributed by atoms with van der Waals surface area (Å²) in [7, 11) is 4.92. The van der Waals surface area contributed by atoms with Crippen LogP contribution in [-0.4, -0.2) is 37.2 Å². The monoisotopic (exact) mass is 374 g/mol. The number of thioether (sulfide) groups is 1. The van der Waals surface area contributed by atoms with Crippen molar-refractivity contribution in [1.82, 2.24) is 4.90 Å². The van der Waals surface area contributed by atoms with Gasteiger partial charge in [0.2, 0.25) is 0 Å². The van der Waals surface area contributed by atoms with Gasteiger partial charge in [0.1, 0.15) is 0 Å². The van der Waals surface area contributed by atoms with E-state index in [9.17, 15) is 4.79 Å². The van der Waals surface area contributed by atoms with Gasteiger partial charge in [0.15, 0.2) is 10.9 Å². The molecule has 1 saturated heterocycles. The smallest absolute Gasteiger partial charge is 0.266 e. The first-order chi connectivity index (χ1) is 9.47. The summed E-state index contributed by atoms with van der Waals surface area (Å²) in [6.07, 6.45) is 1.79. The lowest BCUT2D eigenvalue weighted by Crippen LogP contribution is -2.23. The molecule has 0 aliphatic carbocycles.